The first-order chi connectivity index (χ1) is 8.20. The fourth-order valence-corrected chi connectivity index (χ4v) is 2.13. The highest BCUT2D eigenvalue weighted by molar-refractivity contribution is 6.33. The number of hydrogen-bond donors (Lipinski definition) is 0. The number of hydrogen-bond acceptors (Lipinski definition) is 4. The molecule has 0 aliphatic rings. The van der Waals surface area contributed by atoms with Gasteiger partial charge in [-0.05, 0) is 13.0 Å². The molecule has 6 heteroatoms. The van der Waals surface area contributed by atoms with Crippen LogP contribution < -0.4 is 4.74 Å². The minimum atomic E-state index is 0.430. The standard InChI is InChI=1S/C11H9ClN4O/c1-6-9-10(12)14-7-3-4-8(17-2)15-11(7)16(9)5-13-6/h3-5H,1-2H3. The van der Waals surface area contributed by atoms with Crippen molar-refractivity contribution in [1.29, 1.82) is 0 Å². The molecule has 0 unspecified atom stereocenters. The third-order valence-electron chi connectivity index (χ3n) is 2.63. The Labute approximate surface area is 102 Å². The van der Waals surface area contributed by atoms with Crippen LogP contribution in [0.3, 0.4) is 0 Å². The van der Waals surface area contributed by atoms with Gasteiger partial charge >= 0.3 is 0 Å². The van der Waals surface area contributed by atoms with Crippen LogP contribution in [0, 0.1) is 6.92 Å². The number of ether oxygens (including phenoxy) is 1. The van der Waals surface area contributed by atoms with E-state index < -0.39 is 0 Å². The summed E-state index contributed by atoms with van der Waals surface area (Å²) in [4.78, 5) is 12.9. The van der Waals surface area contributed by atoms with E-state index in [1.54, 1.807) is 19.5 Å². The average Bonchev–Trinajstić information content (AvgIpc) is 2.72. The molecule has 3 heterocycles. The molecule has 0 aliphatic heterocycles. The summed E-state index contributed by atoms with van der Waals surface area (Å²) in [7, 11) is 1.58. The first-order valence-electron chi connectivity index (χ1n) is 5.04. The minimum Gasteiger partial charge on any atom is -0.481 e. The molecule has 86 valence electrons. The third kappa shape index (κ3) is 1.43. The summed E-state index contributed by atoms with van der Waals surface area (Å²) in [5, 5.41) is 0.430. The van der Waals surface area contributed by atoms with E-state index in [0.717, 1.165) is 11.2 Å². The predicted molar refractivity (Wildman–Crippen MR) is 64.6 cm³/mol. The maximum absolute atomic E-state index is 6.13. The zero-order chi connectivity index (χ0) is 12.0. The Balaban J connectivity index is 2.51. The molecule has 3 aromatic heterocycles. The lowest BCUT2D eigenvalue weighted by atomic mass is 10.3. The zero-order valence-corrected chi connectivity index (χ0v) is 10.1. The fourth-order valence-electron chi connectivity index (χ4n) is 1.81. The van der Waals surface area contributed by atoms with E-state index in [0.29, 0.717) is 22.2 Å². The first kappa shape index (κ1) is 10.3. The van der Waals surface area contributed by atoms with E-state index in [1.807, 2.05) is 17.4 Å². The SMILES string of the molecule is COc1ccc2nc(Cl)c3c(C)ncn3c2n1. The molecule has 0 fully saturated rings. The van der Waals surface area contributed by atoms with Crippen LogP contribution in [0.5, 0.6) is 5.88 Å². The van der Waals surface area contributed by atoms with Gasteiger partial charge in [-0.2, -0.15) is 4.98 Å². The van der Waals surface area contributed by atoms with Crippen molar-refractivity contribution >= 4 is 28.3 Å². The van der Waals surface area contributed by atoms with Crippen molar-refractivity contribution in [3.63, 3.8) is 0 Å². The summed E-state index contributed by atoms with van der Waals surface area (Å²) in [5.74, 6) is 0.536. The molecule has 0 aromatic carbocycles. The van der Waals surface area contributed by atoms with Gasteiger partial charge in [0.1, 0.15) is 17.4 Å². The Morgan fingerprint density at radius 2 is 2.12 bits per heavy atom. The molecule has 3 aromatic rings. The van der Waals surface area contributed by atoms with Gasteiger partial charge in [-0.25, -0.2) is 9.97 Å². The highest BCUT2D eigenvalue weighted by Crippen LogP contribution is 2.24. The number of imidazole rings is 1. The number of methoxy groups -OCH3 is 1. The molecule has 3 rings (SSSR count). The fraction of sp³-hybridized carbons (Fsp3) is 0.182. The molecule has 0 radical (unpaired) electrons. The van der Waals surface area contributed by atoms with Crippen molar-refractivity contribution in [3.05, 3.63) is 29.3 Å². The van der Waals surface area contributed by atoms with Crippen molar-refractivity contribution in [3.8, 4) is 5.88 Å². The van der Waals surface area contributed by atoms with Crippen molar-refractivity contribution in [2.75, 3.05) is 7.11 Å². The smallest absolute Gasteiger partial charge is 0.215 e. The van der Waals surface area contributed by atoms with E-state index in [4.69, 9.17) is 16.3 Å². The lowest BCUT2D eigenvalue weighted by Crippen LogP contribution is -1.96. The van der Waals surface area contributed by atoms with Crippen LogP contribution >= 0.6 is 11.6 Å². The minimum absolute atomic E-state index is 0.430. The second-order valence-corrected chi connectivity index (χ2v) is 4.01. The lowest BCUT2D eigenvalue weighted by molar-refractivity contribution is 0.399. The number of aromatic nitrogens is 4. The second-order valence-electron chi connectivity index (χ2n) is 3.65. The average molecular weight is 249 g/mol. The Bertz CT molecular complexity index is 722. The zero-order valence-electron chi connectivity index (χ0n) is 9.31. The number of pyridine rings is 1. The van der Waals surface area contributed by atoms with Crippen LogP contribution in [0.15, 0.2) is 18.5 Å². The molecule has 0 saturated carbocycles. The molecule has 0 bridgehead atoms. The Morgan fingerprint density at radius 3 is 2.88 bits per heavy atom. The summed E-state index contributed by atoms with van der Waals surface area (Å²) in [6.45, 7) is 1.88. The van der Waals surface area contributed by atoms with Gasteiger partial charge in [0.2, 0.25) is 5.88 Å². The summed E-state index contributed by atoms with van der Waals surface area (Å²) in [6, 6.07) is 3.57. The van der Waals surface area contributed by atoms with Gasteiger partial charge in [-0.1, -0.05) is 11.6 Å². The van der Waals surface area contributed by atoms with Gasteiger partial charge in [0.25, 0.3) is 0 Å². The Kier molecular flexibility index (Phi) is 2.16. The highest BCUT2D eigenvalue weighted by Gasteiger charge is 2.11. The lowest BCUT2D eigenvalue weighted by Gasteiger charge is -2.05. The molecule has 0 amide bonds. The molecule has 0 aliphatic carbocycles. The normalized spacial score (nSPS) is 11.2. The number of halogens is 1. The summed E-state index contributed by atoms with van der Waals surface area (Å²) >= 11 is 6.13. The van der Waals surface area contributed by atoms with E-state index in [9.17, 15) is 0 Å². The molecule has 0 spiro atoms. The predicted octanol–water partition coefficient (Wildman–Crippen LogP) is 2.25. The number of nitrogens with zero attached hydrogens (tertiary/aromatic N) is 4. The van der Waals surface area contributed by atoms with Gasteiger partial charge in [-0.15, -0.1) is 0 Å². The third-order valence-corrected chi connectivity index (χ3v) is 2.89. The monoisotopic (exact) mass is 248 g/mol. The first-order valence-corrected chi connectivity index (χ1v) is 5.42. The molecular formula is C11H9ClN4O. The summed E-state index contributed by atoms with van der Waals surface area (Å²) in [6.07, 6.45) is 1.69. The molecule has 17 heavy (non-hydrogen) atoms. The van der Waals surface area contributed by atoms with E-state index >= 15 is 0 Å². The quantitative estimate of drug-likeness (QED) is 0.663. The van der Waals surface area contributed by atoms with Crippen LogP contribution in [0.4, 0.5) is 0 Å². The Morgan fingerprint density at radius 1 is 1.29 bits per heavy atom. The molecule has 0 N–H and O–H groups in total. The van der Waals surface area contributed by atoms with Crippen LogP contribution in [-0.4, -0.2) is 26.5 Å². The van der Waals surface area contributed by atoms with E-state index in [2.05, 4.69) is 15.0 Å². The highest BCUT2D eigenvalue weighted by atomic mass is 35.5. The summed E-state index contributed by atoms with van der Waals surface area (Å²) < 4.78 is 6.92. The van der Waals surface area contributed by atoms with E-state index in [-0.39, 0.29) is 0 Å². The van der Waals surface area contributed by atoms with Gasteiger partial charge in [0, 0.05) is 6.07 Å². The maximum Gasteiger partial charge on any atom is 0.215 e. The number of aryl methyl sites for hydroxylation is 1. The van der Waals surface area contributed by atoms with Crippen LogP contribution in [0.1, 0.15) is 5.69 Å². The van der Waals surface area contributed by atoms with Gasteiger partial charge in [0.15, 0.2) is 10.8 Å². The van der Waals surface area contributed by atoms with Crippen molar-refractivity contribution < 1.29 is 4.74 Å². The van der Waals surface area contributed by atoms with Gasteiger partial charge < -0.3 is 4.74 Å². The van der Waals surface area contributed by atoms with Crippen molar-refractivity contribution in [1.82, 2.24) is 19.4 Å². The number of rotatable bonds is 1. The molecule has 0 saturated heterocycles. The summed E-state index contributed by atoms with van der Waals surface area (Å²) in [5.41, 5.74) is 3.00. The molecular weight excluding hydrogens is 240 g/mol. The van der Waals surface area contributed by atoms with Gasteiger partial charge in [0.05, 0.1) is 12.8 Å². The van der Waals surface area contributed by atoms with Crippen LogP contribution in [-0.2, 0) is 0 Å². The van der Waals surface area contributed by atoms with E-state index in [1.165, 1.54) is 0 Å². The molecule has 0 atom stereocenters. The molecule has 5 nitrogen and oxygen atoms in total. The van der Waals surface area contributed by atoms with Crippen LogP contribution in [0.2, 0.25) is 5.15 Å². The number of fused-ring (bicyclic) bond motifs is 3. The topological polar surface area (TPSA) is 52.3 Å². The maximum atomic E-state index is 6.13. The second kappa shape index (κ2) is 3.56. The van der Waals surface area contributed by atoms with Gasteiger partial charge in [-0.3, -0.25) is 4.40 Å². The van der Waals surface area contributed by atoms with Crippen LogP contribution in [0.25, 0.3) is 16.7 Å². The largest absolute Gasteiger partial charge is 0.481 e. The van der Waals surface area contributed by atoms with Crippen molar-refractivity contribution in [2.45, 2.75) is 6.92 Å². The Hall–Kier alpha value is -1.88. The van der Waals surface area contributed by atoms with Crippen molar-refractivity contribution in [2.24, 2.45) is 0 Å².